The maximum atomic E-state index is 11.9. The number of carbonyl (C=O) groups is 2. The van der Waals surface area contributed by atoms with Crippen LogP contribution >= 0.6 is 0 Å². The maximum absolute atomic E-state index is 11.9. The Bertz CT molecular complexity index is 645. The number of aliphatic hydroxyl groups is 1. The van der Waals surface area contributed by atoms with E-state index in [-0.39, 0.29) is 5.75 Å². The van der Waals surface area contributed by atoms with Gasteiger partial charge in [-0.3, -0.25) is 5.32 Å². The predicted octanol–water partition coefficient (Wildman–Crippen LogP) is 2.30. The number of aliphatic hydroxyl groups excluding tert-OH is 1. The molecule has 1 aliphatic carbocycles. The maximum Gasteiger partial charge on any atom is 0.412 e. The van der Waals surface area contributed by atoms with Crippen LogP contribution < -0.4 is 5.32 Å². The molecule has 1 aromatic carbocycles. The number of aromatic hydroxyl groups is 1. The van der Waals surface area contributed by atoms with Gasteiger partial charge in [0.25, 0.3) is 0 Å². The Balaban J connectivity index is 2.24. The van der Waals surface area contributed by atoms with Crippen LogP contribution in [0.4, 0.5) is 10.5 Å². The number of phenolic OH excluding ortho intramolecular Hbond substituents is 1. The molecule has 1 atom stereocenters. The number of phenols is 1. The molecule has 0 radical (unpaired) electrons. The zero-order chi connectivity index (χ0) is 18.1. The van der Waals surface area contributed by atoms with Gasteiger partial charge in [-0.05, 0) is 51.8 Å². The van der Waals surface area contributed by atoms with Gasteiger partial charge in [-0.1, -0.05) is 0 Å². The topological polar surface area (TPSA) is 105 Å². The molecule has 7 heteroatoms. The number of benzene rings is 1. The molecule has 1 unspecified atom stereocenters. The Morgan fingerprint density at radius 1 is 1.29 bits per heavy atom. The molecule has 1 aromatic rings. The number of ether oxygens (including phenoxy) is 2. The van der Waals surface area contributed by atoms with E-state index in [4.69, 9.17) is 4.74 Å². The number of esters is 1. The third kappa shape index (κ3) is 3.79. The number of anilines is 1. The summed E-state index contributed by atoms with van der Waals surface area (Å²) < 4.78 is 9.77. The molecular weight excluding hydrogens is 314 g/mol. The van der Waals surface area contributed by atoms with E-state index in [0.717, 1.165) is 0 Å². The molecule has 24 heavy (non-hydrogen) atoms. The van der Waals surface area contributed by atoms with E-state index in [1.807, 2.05) is 0 Å². The zero-order valence-electron chi connectivity index (χ0n) is 14.3. The van der Waals surface area contributed by atoms with Crippen molar-refractivity contribution >= 4 is 17.7 Å². The average Bonchev–Trinajstić information content (AvgIpc) is 3.27. The van der Waals surface area contributed by atoms with Crippen molar-refractivity contribution in [1.29, 1.82) is 0 Å². The van der Waals surface area contributed by atoms with Crippen LogP contribution in [-0.4, -0.2) is 41.1 Å². The molecule has 132 valence electrons. The third-order valence-corrected chi connectivity index (χ3v) is 3.91. The van der Waals surface area contributed by atoms with Crippen LogP contribution in [0, 0.1) is 0 Å². The number of hydrogen-bond donors (Lipinski definition) is 3. The van der Waals surface area contributed by atoms with E-state index >= 15 is 0 Å². The summed E-state index contributed by atoms with van der Waals surface area (Å²) in [7, 11) is 1.20. The molecular formula is C17H23NO6. The van der Waals surface area contributed by atoms with Gasteiger partial charge in [0.05, 0.1) is 7.11 Å². The molecule has 0 aromatic heterocycles. The van der Waals surface area contributed by atoms with Crippen molar-refractivity contribution in [1.82, 2.24) is 0 Å². The van der Waals surface area contributed by atoms with Crippen molar-refractivity contribution in [3.8, 4) is 5.75 Å². The van der Waals surface area contributed by atoms with Crippen LogP contribution in [0.15, 0.2) is 18.2 Å². The zero-order valence-corrected chi connectivity index (χ0v) is 14.3. The van der Waals surface area contributed by atoms with Crippen LogP contribution in [0.5, 0.6) is 5.75 Å². The lowest BCUT2D eigenvalue weighted by molar-refractivity contribution is -0.152. The van der Waals surface area contributed by atoms with Crippen molar-refractivity contribution in [2.24, 2.45) is 0 Å². The Morgan fingerprint density at radius 2 is 1.92 bits per heavy atom. The molecule has 0 bridgehead atoms. The van der Waals surface area contributed by atoms with E-state index in [1.165, 1.54) is 19.2 Å². The summed E-state index contributed by atoms with van der Waals surface area (Å²) in [6, 6.07) is 4.47. The normalized spacial score (nSPS) is 16.9. The van der Waals surface area contributed by atoms with E-state index < -0.39 is 29.2 Å². The first-order valence-electron chi connectivity index (χ1n) is 7.68. The van der Waals surface area contributed by atoms with Crippen molar-refractivity contribution in [3.05, 3.63) is 23.8 Å². The van der Waals surface area contributed by atoms with E-state index in [9.17, 15) is 19.8 Å². The highest BCUT2D eigenvalue weighted by atomic mass is 16.6. The van der Waals surface area contributed by atoms with Gasteiger partial charge in [-0.25, -0.2) is 9.59 Å². The van der Waals surface area contributed by atoms with Gasteiger partial charge < -0.3 is 19.7 Å². The van der Waals surface area contributed by atoms with Crippen molar-refractivity contribution in [3.63, 3.8) is 0 Å². The minimum Gasteiger partial charge on any atom is -0.508 e. The smallest absolute Gasteiger partial charge is 0.412 e. The van der Waals surface area contributed by atoms with Gasteiger partial charge >= 0.3 is 12.1 Å². The summed E-state index contributed by atoms with van der Waals surface area (Å²) in [5.41, 5.74) is -0.722. The molecule has 2 rings (SSSR count). The van der Waals surface area contributed by atoms with Crippen molar-refractivity contribution < 1.29 is 29.3 Å². The number of nitrogens with one attached hydrogen (secondary N) is 1. The van der Waals surface area contributed by atoms with Crippen LogP contribution in [0.3, 0.4) is 0 Å². The van der Waals surface area contributed by atoms with Gasteiger partial charge in [0.1, 0.15) is 11.4 Å². The average molecular weight is 337 g/mol. The summed E-state index contributed by atoms with van der Waals surface area (Å²) in [5.74, 6) is -0.803. The second-order valence-corrected chi connectivity index (χ2v) is 6.94. The summed E-state index contributed by atoms with van der Waals surface area (Å²) in [6.07, 6.45) is -0.929. The second kappa shape index (κ2) is 6.32. The summed E-state index contributed by atoms with van der Waals surface area (Å²) >= 11 is 0. The lowest BCUT2D eigenvalue weighted by Gasteiger charge is -2.23. The minimum atomic E-state index is -1.37. The first-order valence-corrected chi connectivity index (χ1v) is 7.68. The fourth-order valence-electron chi connectivity index (χ4n) is 2.60. The number of methoxy groups -OCH3 is 1. The molecule has 7 nitrogen and oxygen atoms in total. The molecule has 3 N–H and O–H groups in total. The second-order valence-electron chi connectivity index (χ2n) is 6.94. The van der Waals surface area contributed by atoms with Gasteiger partial charge in [0.15, 0.2) is 6.10 Å². The summed E-state index contributed by atoms with van der Waals surface area (Å²) in [4.78, 5) is 23.5. The fraction of sp³-hybridized carbons (Fsp3) is 0.529. The monoisotopic (exact) mass is 337 g/mol. The first kappa shape index (κ1) is 18.1. The number of amides is 1. The Labute approximate surface area is 140 Å². The number of hydrogen-bond acceptors (Lipinski definition) is 6. The quantitative estimate of drug-likeness (QED) is 0.575. The molecule has 0 saturated heterocycles. The highest BCUT2D eigenvalue weighted by Crippen LogP contribution is 2.54. The fourth-order valence-corrected chi connectivity index (χ4v) is 2.60. The lowest BCUT2D eigenvalue weighted by atomic mass is 9.88. The largest absolute Gasteiger partial charge is 0.508 e. The summed E-state index contributed by atoms with van der Waals surface area (Å²) in [6.45, 7) is 5.25. The summed E-state index contributed by atoms with van der Waals surface area (Å²) in [5, 5.41) is 22.9. The van der Waals surface area contributed by atoms with Crippen molar-refractivity contribution in [2.75, 3.05) is 12.4 Å². The molecule has 0 heterocycles. The van der Waals surface area contributed by atoms with Crippen LogP contribution in [-0.2, 0) is 19.7 Å². The highest BCUT2D eigenvalue weighted by Gasteiger charge is 2.55. The Hall–Kier alpha value is -2.28. The predicted molar refractivity (Wildman–Crippen MR) is 86.9 cm³/mol. The SMILES string of the molecule is COC(=O)C(O)C1(c2cc(NC(=O)OC(C)(C)C)ccc2O)CC1. The third-order valence-electron chi connectivity index (χ3n) is 3.91. The minimum absolute atomic E-state index is 0.0507. The van der Waals surface area contributed by atoms with Gasteiger partial charge in [-0.15, -0.1) is 0 Å². The van der Waals surface area contributed by atoms with Crippen LogP contribution in [0.1, 0.15) is 39.2 Å². The molecule has 1 aliphatic rings. The molecule has 0 spiro atoms. The van der Waals surface area contributed by atoms with Crippen LogP contribution in [0.2, 0.25) is 0 Å². The van der Waals surface area contributed by atoms with Gasteiger partial charge in [-0.2, -0.15) is 0 Å². The molecule has 1 amide bonds. The van der Waals surface area contributed by atoms with Gasteiger partial charge in [0, 0.05) is 16.7 Å². The Morgan fingerprint density at radius 3 is 2.42 bits per heavy atom. The lowest BCUT2D eigenvalue weighted by Crippen LogP contribution is -2.35. The van der Waals surface area contributed by atoms with E-state index in [0.29, 0.717) is 24.1 Å². The van der Waals surface area contributed by atoms with Gasteiger partial charge in [0.2, 0.25) is 0 Å². The standard InChI is InChI=1S/C17H23NO6/c1-16(2,3)24-15(22)18-10-5-6-12(19)11(9-10)17(7-8-17)13(20)14(21)23-4/h5-6,9,13,19-20H,7-8H2,1-4H3,(H,18,22). The molecule has 1 saturated carbocycles. The van der Waals surface area contributed by atoms with Crippen molar-refractivity contribution in [2.45, 2.75) is 50.7 Å². The molecule has 1 fully saturated rings. The Kier molecular flexibility index (Phi) is 4.75. The number of rotatable bonds is 4. The molecule has 0 aliphatic heterocycles. The van der Waals surface area contributed by atoms with Crippen LogP contribution in [0.25, 0.3) is 0 Å². The highest BCUT2D eigenvalue weighted by molar-refractivity contribution is 5.85. The number of carbonyl (C=O) groups excluding carboxylic acids is 2. The first-order chi connectivity index (χ1) is 11.1. The van der Waals surface area contributed by atoms with E-state index in [2.05, 4.69) is 10.1 Å². The van der Waals surface area contributed by atoms with E-state index in [1.54, 1.807) is 26.8 Å².